The summed E-state index contributed by atoms with van der Waals surface area (Å²) in [5.41, 5.74) is 1.56. The van der Waals surface area contributed by atoms with Crippen molar-refractivity contribution in [1.29, 1.82) is 0 Å². The highest BCUT2D eigenvalue weighted by molar-refractivity contribution is 5.95. The van der Waals surface area contributed by atoms with Gasteiger partial charge in [-0.05, 0) is 67.6 Å². The van der Waals surface area contributed by atoms with Gasteiger partial charge in [0.05, 0.1) is 7.11 Å². The molecule has 0 fully saturated rings. The second kappa shape index (κ2) is 13.5. The second-order valence-corrected chi connectivity index (χ2v) is 10.6. The third-order valence-corrected chi connectivity index (χ3v) is 6.40. The van der Waals surface area contributed by atoms with E-state index in [1.165, 1.54) is 19.2 Å². The summed E-state index contributed by atoms with van der Waals surface area (Å²) in [6, 6.07) is 9.60. The van der Waals surface area contributed by atoms with Gasteiger partial charge in [-0.3, -0.25) is 9.59 Å². The molecule has 37 heavy (non-hydrogen) atoms. The summed E-state index contributed by atoms with van der Waals surface area (Å²) in [5.74, 6) is 0.447. The number of halogens is 1. The molecule has 1 aromatic heterocycles. The van der Waals surface area contributed by atoms with Gasteiger partial charge in [-0.15, -0.1) is 0 Å². The summed E-state index contributed by atoms with van der Waals surface area (Å²) in [5, 5.41) is 0. The zero-order valence-corrected chi connectivity index (χ0v) is 22.9. The third kappa shape index (κ3) is 8.25. The lowest BCUT2D eigenvalue weighted by Crippen LogP contribution is -2.40. The van der Waals surface area contributed by atoms with Crippen molar-refractivity contribution in [3.05, 3.63) is 53.5 Å². The Kier molecular flexibility index (Phi) is 10.4. The molecule has 0 atom stereocenters. The standard InChI is InChI=1S/C29H41FN4O3/c1-21(2)17-28(35)34-16-8-14-32(19-22(3)4)13-7-15-33(20-23-18-24(30)11-12-26(23)34)29(36)25-9-6-10-27(31-25)37-5/h6,9-12,18,21-22H,7-8,13-17,19-20H2,1-5H3. The number of ether oxygens (including phenoxy) is 1. The van der Waals surface area contributed by atoms with Gasteiger partial charge < -0.3 is 19.4 Å². The Morgan fingerprint density at radius 3 is 2.41 bits per heavy atom. The molecule has 2 aromatic rings. The van der Waals surface area contributed by atoms with Crippen molar-refractivity contribution in [2.24, 2.45) is 11.8 Å². The lowest BCUT2D eigenvalue weighted by atomic mass is 10.1. The summed E-state index contributed by atoms with van der Waals surface area (Å²) < 4.78 is 19.7. The highest BCUT2D eigenvalue weighted by Crippen LogP contribution is 2.27. The quantitative estimate of drug-likeness (QED) is 0.545. The molecular weight excluding hydrogens is 471 g/mol. The minimum atomic E-state index is -0.392. The smallest absolute Gasteiger partial charge is 0.272 e. The van der Waals surface area contributed by atoms with E-state index in [0.29, 0.717) is 42.6 Å². The molecule has 0 unspecified atom stereocenters. The predicted molar refractivity (Wildman–Crippen MR) is 144 cm³/mol. The largest absolute Gasteiger partial charge is 0.481 e. The van der Waals surface area contributed by atoms with Crippen LogP contribution in [0.4, 0.5) is 10.1 Å². The third-order valence-electron chi connectivity index (χ3n) is 6.40. The van der Waals surface area contributed by atoms with Crippen LogP contribution in [0.25, 0.3) is 0 Å². The molecule has 0 aliphatic carbocycles. The summed E-state index contributed by atoms with van der Waals surface area (Å²) >= 11 is 0. The average Bonchev–Trinajstić information content (AvgIpc) is 2.84. The zero-order valence-electron chi connectivity index (χ0n) is 22.9. The summed E-state index contributed by atoms with van der Waals surface area (Å²) in [7, 11) is 1.51. The number of carbonyl (C=O) groups is 2. The Morgan fingerprint density at radius 1 is 1.00 bits per heavy atom. The molecule has 2 amide bonds. The Hall–Kier alpha value is -3.00. The average molecular weight is 513 g/mol. The number of fused-ring (bicyclic) bond motifs is 1. The minimum absolute atomic E-state index is 0.0164. The molecule has 7 nitrogen and oxygen atoms in total. The fourth-order valence-corrected chi connectivity index (χ4v) is 4.80. The van der Waals surface area contributed by atoms with Crippen LogP contribution in [-0.4, -0.2) is 66.4 Å². The molecule has 3 rings (SSSR count). The number of amides is 2. The van der Waals surface area contributed by atoms with Gasteiger partial charge in [0, 0.05) is 44.4 Å². The maximum absolute atomic E-state index is 14.5. The van der Waals surface area contributed by atoms with Gasteiger partial charge in [-0.25, -0.2) is 9.37 Å². The topological polar surface area (TPSA) is 66.0 Å². The van der Waals surface area contributed by atoms with Crippen molar-refractivity contribution >= 4 is 17.5 Å². The minimum Gasteiger partial charge on any atom is -0.481 e. The molecule has 0 saturated heterocycles. The van der Waals surface area contributed by atoms with Crippen molar-refractivity contribution in [3.63, 3.8) is 0 Å². The highest BCUT2D eigenvalue weighted by atomic mass is 19.1. The van der Waals surface area contributed by atoms with Crippen LogP contribution >= 0.6 is 0 Å². The molecule has 0 bridgehead atoms. The summed E-state index contributed by atoms with van der Waals surface area (Å²) in [6.45, 7) is 12.3. The first-order chi connectivity index (χ1) is 17.7. The van der Waals surface area contributed by atoms with Gasteiger partial charge in [0.25, 0.3) is 5.91 Å². The van der Waals surface area contributed by atoms with E-state index in [-0.39, 0.29) is 30.0 Å². The molecule has 0 spiro atoms. The van der Waals surface area contributed by atoms with Crippen LogP contribution < -0.4 is 9.64 Å². The molecule has 0 radical (unpaired) electrons. The first-order valence-electron chi connectivity index (χ1n) is 13.3. The van der Waals surface area contributed by atoms with Crippen LogP contribution in [0.5, 0.6) is 5.88 Å². The SMILES string of the molecule is COc1cccc(C(=O)N2CCCN(CC(C)C)CCCN(C(=O)CC(C)C)c3ccc(F)cc3C2)n1. The van der Waals surface area contributed by atoms with E-state index in [1.54, 1.807) is 34.1 Å². The molecule has 1 aliphatic heterocycles. The number of rotatable bonds is 6. The maximum atomic E-state index is 14.5. The number of aromatic nitrogens is 1. The number of hydrogen-bond donors (Lipinski definition) is 0. The molecule has 1 aliphatic rings. The van der Waals surface area contributed by atoms with Crippen LogP contribution in [0.3, 0.4) is 0 Å². The van der Waals surface area contributed by atoms with E-state index in [9.17, 15) is 14.0 Å². The Morgan fingerprint density at radius 2 is 1.73 bits per heavy atom. The van der Waals surface area contributed by atoms with Crippen LogP contribution in [0.15, 0.2) is 36.4 Å². The molecule has 2 heterocycles. The normalized spacial score (nSPS) is 15.8. The number of methoxy groups -OCH3 is 1. The molecule has 8 heteroatoms. The molecule has 1 aromatic carbocycles. The van der Waals surface area contributed by atoms with E-state index < -0.39 is 5.82 Å². The summed E-state index contributed by atoms with van der Waals surface area (Å²) in [4.78, 5) is 37.2. The van der Waals surface area contributed by atoms with Gasteiger partial charge in [0.2, 0.25) is 11.8 Å². The van der Waals surface area contributed by atoms with E-state index in [2.05, 4.69) is 23.7 Å². The number of pyridine rings is 1. The lowest BCUT2D eigenvalue weighted by Gasteiger charge is -2.32. The second-order valence-electron chi connectivity index (χ2n) is 10.6. The van der Waals surface area contributed by atoms with Crippen LogP contribution in [-0.2, 0) is 11.3 Å². The number of nitrogens with zero attached hydrogens (tertiary/aromatic N) is 4. The van der Waals surface area contributed by atoms with Crippen LogP contribution in [0.2, 0.25) is 0 Å². The van der Waals surface area contributed by atoms with Crippen molar-refractivity contribution in [2.75, 3.05) is 44.7 Å². The lowest BCUT2D eigenvalue weighted by molar-refractivity contribution is -0.119. The van der Waals surface area contributed by atoms with Crippen LogP contribution in [0.1, 0.15) is 63.0 Å². The highest BCUT2D eigenvalue weighted by Gasteiger charge is 2.25. The first kappa shape index (κ1) is 28.6. The summed E-state index contributed by atoms with van der Waals surface area (Å²) in [6.07, 6.45) is 2.01. The van der Waals surface area contributed by atoms with E-state index in [0.717, 1.165) is 32.5 Å². The van der Waals surface area contributed by atoms with Crippen molar-refractivity contribution in [3.8, 4) is 5.88 Å². The number of anilines is 1. The predicted octanol–water partition coefficient (Wildman–Crippen LogP) is 5.00. The molecule has 0 saturated carbocycles. The Labute approximate surface area is 220 Å². The van der Waals surface area contributed by atoms with Gasteiger partial charge in [0.1, 0.15) is 11.5 Å². The van der Waals surface area contributed by atoms with Gasteiger partial charge in [-0.1, -0.05) is 33.8 Å². The zero-order chi connectivity index (χ0) is 26.9. The molecular formula is C29H41FN4O3. The fourth-order valence-electron chi connectivity index (χ4n) is 4.80. The first-order valence-corrected chi connectivity index (χ1v) is 13.3. The molecule has 202 valence electrons. The van der Waals surface area contributed by atoms with Gasteiger partial charge in [0.15, 0.2) is 0 Å². The van der Waals surface area contributed by atoms with E-state index in [4.69, 9.17) is 4.74 Å². The molecule has 0 N–H and O–H groups in total. The maximum Gasteiger partial charge on any atom is 0.272 e. The Balaban J connectivity index is 2.01. The van der Waals surface area contributed by atoms with Crippen molar-refractivity contribution < 1.29 is 18.7 Å². The van der Waals surface area contributed by atoms with Crippen molar-refractivity contribution in [1.82, 2.24) is 14.8 Å². The Bertz CT molecular complexity index is 1060. The number of benzene rings is 1. The monoisotopic (exact) mass is 512 g/mol. The van der Waals surface area contributed by atoms with Crippen LogP contribution in [0, 0.1) is 17.7 Å². The van der Waals surface area contributed by atoms with Gasteiger partial charge >= 0.3 is 0 Å². The van der Waals surface area contributed by atoms with Crippen molar-refractivity contribution in [2.45, 2.75) is 53.5 Å². The van der Waals surface area contributed by atoms with Gasteiger partial charge in [-0.2, -0.15) is 0 Å². The fraction of sp³-hybridized carbons (Fsp3) is 0.552. The van der Waals surface area contributed by atoms with E-state index >= 15 is 0 Å². The number of hydrogen-bond acceptors (Lipinski definition) is 5. The number of carbonyl (C=O) groups excluding carboxylic acids is 2. The van der Waals surface area contributed by atoms with E-state index in [1.807, 2.05) is 13.8 Å².